The summed E-state index contributed by atoms with van der Waals surface area (Å²) in [7, 11) is -1.43. The quantitative estimate of drug-likeness (QED) is 0.409. The Bertz CT molecular complexity index is 276. The van der Waals surface area contributed by atoms with Crippen molar-refractivity contribution >= 4 is 18.3 Å². The molecule has 0 atom stereocenters. The number of nitrogens with two attached hydrogens (primary N) is 1. The number of benzene rings is 1. The molecule has 0 unspecified atom stereocenters. The highest BCUT2D eigenvalue weighted by molar-refractivity contribution is 6.59. The lowest BCUT2D eigenvalue weighted by Gasteiger charge is -2.08. The van der Waals surface area contributed by atoms with E-state index in [1.807, 2.05) is 6.92 Å². The molecule has 4 heteroatoms. The zero-order valence-corrected chi connectivity index (χ0v) is 6.99. The van der Waals surface area contributed by atoms with E-state index in [2.05, 4.69) is 0 Å². The van der Waals surface area contributed by atoms with Crippen LogP contribution in [0.2, 0.25) is 0 Å². The van der Waals surface area contributed by atoms with Crippen LogP contribution < -0.4 is 11.2 Å². The van der Waals surface area contributed by atoms with Crippen molar-refractivity contribution in [2.75, 3.05) is 5.73 Å². The second-order valence-electron chi connectivity index (χ2n) is 2.64. The Hall–Kier alpha value is -0.995. The average Bonchev–Trinajstić information content (AvgIpc) is 2.03. The third kappa shape index (κ3) is 1.60. The van der Waals surface area contributed by atoms with Crippen LogP contribution in [0.1, 0.15) is 12.5 Å². The van der Waals surface area contributed by atoms with Gasteiger partial charge < -0.3 is 15.8 Å². The van der Waals surface area contributed by atoms with Crippen molar-refractivity contribution in [1.29, 1.82) is 0 Å². The second-order valence-corrected chi connectivity index (χ2v) is 2.64. The molecule has 0 aliphatic carbocycles. The van der Waals surface area contributed by atoms with Gasteiger partial charge in [0.1, 0.15) is 0 Å². The van der Waals surface area contributed by atoms with E-state index in [1.165, 1.54) is 0 Å². The van der Waals surface area contributed by atoms with E-state index in [0.717, 1.165) is 5.56 Å². The van der Waals surface area contributed by atoms with Gasteiger partial charge in [0, 0.05) is 5.69 Å². The number of anilines is 1. The third-order valence-corrected chi connectivity index (χ3v) is 1.88. The molecule has 0 aliphatic rings. The van der Waals surface area contributed by atoms with Crippen LogP contribution in [-0.2, 0) is 6.42 Å². The van der Waals surface area contributed by atoms with Crippen LogP contribution in [0.3, 0.4) is 0 Å². The molecule has 0 bridgehead atoms. The lowest BCUT2D eigenvalue weighted by atomic mass is 9.76. The highest BCUT2D eigenvalue weighted by Gasteiger charge is 2.15. The van der Waals surface area contributed by atoms with Gasteiger partial charge in [-0.25, -0.2) is 0 Å². The van der Waals surface area contributed by atoms with Crippen molar-refractivity contribution in [3.05, 3.63) is 23.8 Å². The lowest BCUT2D eigenvalue weighted by molar-refractivity contribution is 0.425. The fourth-order valence-electron chi connectivity index (χ4n) is 1.27. The molecule has 0 spiro atoms. The van der Waals surface area contributed by atoms with Crippen LogP contribution in [-0.4, -0.2) is 17.2 Å². The summed E-state index contributed by atoms with van der Waals surface area (Å²) in [5.41, 5.74) is 7.57. The molecule has 0 aliphatic heterocycles. The average molecular weight is 165 g/mol. The first-order valence-corrected chi connectivity index (χ1v) is 3.90. The number of hydrogen-bond acceptors (Lipinski definition) is 3. The maximum Gasteiger partial charge on any atom is 0.488 e. The Morgan fingerprint density at radius 1 is 1.42 bits per heavy atom. The van der Waals surface area contributed by atoms with Crippen molar-refractivity contribution in [1.82, 2.24) is 0 Å². The van der Waals surface area contributed by atoms with Crippen LogP contribution in [0.25, 0.3) is 0 Å². The Labute approximate surface area is 72.0 Å². The maximum atomic E-state index is 8.96. The molecule has 12 heavy (non-hydrogen) atoms. The zero-order chi connectivity index (χ0) is 9.14. The van der Waals surface area contributed by atoms with Crippen molar-refractivity contribution in [2.24, 2.45) is 0 Å². The molecule has 0 radical (unpaired) electrons. The van der Waals surface area contributed by atoms with Gasteiger partial charge in [-0.2, -0.15) is 0 Å². The minimum atomic E-state index is -1.43. The molecule has 1 aromatic rings. The second kappa shape index (κ2) is 3.60. The summed E-state index contributed by atoms with van der Waals surface area (Å²) in [5, 5.41) is 17.9. The normalized spacial score (nSPS) is 9.92. The van der Waals surface area contributed by atoms with Gasteiger partial charge in [0.15, 0.2) is 0 Å². The maximum absolute atomic E-state index is 8.96. The summed E-state index contributed by atoms with van der Waals surface area (Å²) < 4.78 is 0. The van der Waals surface area contributed by atoms with E-state index in [0.29, 0.717) is 17.6 Å². The van der Waals surface area contributed by atoms with Crippen LogP contribution in [0.4, 0.5) is 5.69 Å². The summed E-state index contributed by atoms with van der Waals surface area (Å²) in [6.07, 6.45) is 0.708. The summed E-state index contributed by atoms with van der Waals surface area (Å²) in [4.78, 5) is 0. The first kappa shape index (κ1) is 9.10. The number of nitrogen functional groups attached to an aromatic ring is 1. The van der Waals surface area contributed by atoms with Crippen molar-refractivity contribution < 1.29 is 10.0 Å². The number of hydrogen-bond donors (Lipinski definition) is 3. The molecule has 0 fully saturated rings. The van der Waals surface area contributed by atoms with Gasteiger partial charge in [-0.3, -0.25) is 0 Å². The van der Waals surface area contributed by atoms with Gasteiger partial charge in [-0.1, -0.05) is 19.1 Å². The third-order valence-electron chi connectivity index (χ3n) is 1.88. The van der Waals surface area contributed by atoms with Gasteiger partial charge in [0.05, 0.1) is 0 Å². The molecule has 0 saturated heterocycles. The molecule has 1 rings (SSSR count). The van der Waals surface area contributed by atoms with Crippen LogP contribution in [0, 0.1) is 0 Å². The van der Waals surface area contributed by atoms with Crippen LogP contribution in [0.15, 0.2) is 18.2 Å². The topological polar surface area (TPSA) is 66.5 Å². The van der Waals surface area contributed by atoms with Gasteiger partial charge in [0.2, 0.25) is 0 Å². The van der Waals surface area contributed by atoms with E-state index in [9.17, 15) is 0 Å². The zero-order valence-electron chi connectivity index (χ0n) is 6.99. The standard InChI is InChI=1S/C8H12BNO2/c1-2-6-7(9(11)12)4-3-5-8(6)10/h3-5,11-12H,2,10H2,1H3. The predicted molar refractivity (Wildman–Crippen MR) is 50.1 cm³/mol. The largest absolute Gasteiger partial charge is 0.488 e. The minimum Gasteiger partial charge on any atom is -0.423 e. The molecule has 0 heterocycles. The smallest absolute Gasteiger partial charge is 0.423 e. The fourth-order valence-corrected chi connectivity index (χ4v) is 1.27. The molecule has 0 aromatic heterocycles. The van der Waals surface area contributed by atoms with E-state index in [4.69, 9.17) is 15.8 Å². The molecule has 0 amide bonds. The minimum absolute atomic E-state index is 0.498. The molecular weight excluding hydrogens is 153 g/mol. The first-order chi connectivity index (χ1) is 5.66. The summed E-state index contributed by atoms with van der Waals surface area (Å²) in [6.45, 7) is 1.93. The monoisotopic (exact) mass is 165 g/mol. The Balaban J connectivity index is 3.18. The summed E-state index contributed by atoms with van der Waals surface area (Å²) in [5.74, 6) is 0. The molecule has 0 saturated carbocycles. The van der Waals surface area contributed by atoms with Crippen molar-refractivity contribution in [3.8, 4) is 0 Å². The van der Waals surface area contributed by atoms with Gasteiger partial charge in [-0.15, -0.1) is 0 Å². The Morgan fingerprint density at radius 3 is 2.50 bits per heavy atom. The molecule has 3 nitrogen and oxygen atoms in total. The highest BCUT2D eigenvalue weighted by atomic mass is 16.4. The van der Waals surface area contributed by atoms with Gasteiger partial charge >= 0.3 is 7.12 Å². The molecule has 1 aromatic carbocycles. The lowest BCUT2D eigenvalue weighted by Crippen LogP contribution is -2.33. The first-order valence-electron chi connectivity index (χ1n) is 3.90. The molecular formula is C8H12BNO2. The summed E-state index contributed by atoms with van der Waals surface area (Å²) >= 11 is 0. The molecule has 64 valence electrons. The van der Waals surface area contributed by atoms with E-state index >= 15 is 0 Å². The van der Waals surface area contributed by atoms with Crippen LogP contribution >= 0.6 is 0 Å². The molecule has 4 N–H and O–H groups in total. The van der Waals surface area contributed by atoms with Gasteiger partial charge in [-0.05, 0) is 23.5 Å². The Kier molecular flexibility index (Phi) is 2.73. The fraction of sp³-hybridized carbons (Fsp3) is 0.250. The SMILES string of the molecule is CCc1c(N)cccc1B(O)O. The Morgan fingerprint density at radius 2 is 2.08 bits per heavy atom. The van der Waals surface area contributed by atoms with E-state index in [-0.39, 0.29) is 0 Å². The van der Waals surface area contributed by atoms with E-state index < -0.39 is 7.12 Å². The van der Waals surface area contributed by atoms with E-state index in [1.54, 1.807) is 18.2 Å². The van der Waals surface area contributed by atoms with Gasteiger partial charge in [0.25, 0.3) is 0 Å². The summed E-state index contributed by atoms with van der Waals surface area (Å²) in [6, 6.07) is 5.13. The van der Waals surface area contributed by atoms with Crippen molar-refractivity contribution in [3.63, 3.8) is 0 Å². The highest BCUT2D eigenvalue weighted by Crippen LogP contribution is 2.08. The van der Waals surface area contributed by atoms with Crippen molar-refractivity contribution in [2.45, 2.75) is 13.3 Å². The van der Waals surface area contributed by atoms with Crippen LogP contribution in [0.5, 0.6) is 0 Å². The number of rotatable bonds is 2. The predicted octanol–water partition coefficient (Wildman–Crippen LogP) is -0.489.